The van der Waals surface area contributed by atoms with Crippen LogP contribution in [0.4, 0.5) is 4.39 Å². The van der Waals surface area contributed by atoms with Gasteiger partial charge in [-0.1, -0.05) is 19.1 Å². The Labute approximate surface area is 124 Å². The summed E-state index contributed by atoms with van der Waals surface area (Å²) in [5, 5.41) is 11.7. The fourth-order valence-electron chi connectivity index (χ4n) is 1.66. The summed E-state index contributed by atoms with van der Waals surface area (Å²) in [5.41, 5.74) is 1.01. The molecule has 0 bridgehead atoms. The fraction of sp³-hybridized carbons (Fsp3) is 0.533. The molecule has 20 heavy (non-hydrogen) atoms. The Hall–Kier alpha value is -1.07. The van der Waals surface area contributed by atoms with Gasteiger partial charge < -0.3 is 10.4 Å². The van der Waals surface area contributed by atoms with Gasteiger partial charge in [-0.25, -0.2) is 4.39 Å². The third kappa shape index (κ3) is 7.50. The van der Waals surface area contributed by atoms with E-state index < -0.39 is 0 Å². The molecule has 1 aromatic carbocycles. The second kappa shape index (κ2) is 9.77. The molecule has 112 valence electrons. The number of halogens is 1. The van der Waals surface area contributed by atoms with Crippen molar-refractivity contribution in [3.05, 3.63) is 35.6 Å². The molecule has 1 rings (SSSR count). The van der Waals surface area contributed by atoms with Crippen LogP contribution in [-0.4, -0.2) is 29.9 Å². The molecule has 5 heteroatoms. The van der Waals surface area contributed by atoms with Crippen LogP contribution in [0.3, 0.4) is 0 Å². The monoisotopic (exact) mass is 299 g/mol. The molecular weight excluding hydrogens is 277 g/mol. The zero-order valence-corrected chi connectivity index (χ0v) is 12.6. The van der Waals surface area contributed by atoms with Crippen molar-refractivity contribution in [3.8, 4) is 0 Å². The third-order valence-electron chi connectivity index (χ3n) is 2.92. The number of aliphatic hydroxyl groups is 1. The summed E-state index contributed by atoms with van der Waals surface area (Å²) in [7, 11) is 0. The van der Waals surface area contributed by atoms with Crippen LogP contribution in [0.1, 0.15) is 25.3 Å². The Morgan fingerprint density at radius 3 is 2.75 bits per heavy atom. The average Bonchev–Trinajstić information content (AvgIpc) is 2.45. The first-order valence-electron chi connectivity index (χ1n) is 6.81. The Morgan fingerprint density at radius 2 is 2.10 bits per heavy atom. The van der Waals surface area contributed by atoms with Crippen molar-refractivity contribution in [2.45, 2.75) is 25.5 Å². The van der Waals surface area contributed by atoms with Crippen molar-refractivity contribution < 1.29 is 14.3 Å². The Balaban J connectivity index is 2.07. The van der Waals surface area contributed by atoms with E-state index in [1.165, 1.54) is 23.9 Å². The molecule has 1 aromatic rings. The van der Waals surface area contributed by atoms with E-state index in [4.69, 9.17) is 5.11 Å². The van der Waals surface area contributed by atoms with Gasteiger partial charge in [0.15, 0.2) is 0 Å². The molecule has 0 aromatic heterocycles. The van der Waals surface area contributed by atoms with Gasteiger partial charge in [0.1, 0.15) is 5.82 Å². The summed E-state index contributed by atoms with van der Waals surface area (Å²) < 4.78 is 12.7. The lowest BCUT2D eigenvalue weighted by Crippen LogP contribution is -2.26. The summed E-state index contributed by atoms with van der Waals surface area (Å²) >= 11 is 1.51. The maximum Gasteiger partial charge on any atom is 0.230 e. The minimum atomic E-state index is -0.242. The molecule has 3 nitrogen and oxygen atoms in total. The Morgan fingerprint density at radius 1 is 1.40 bits per heavy atom. The number of hydrogen-bond donors (Lipinski definition) is 2. The number of benzene rings is 1. The van der Waals surface area contributed by atoms with E-state index >= 15 is 0 Å². The second-order valence-electron chi connectivity index (χ2n) is 4.90. The molecule has 0 saturated carbocycles. The van der Waals surface area contributed by atoms with E-state index in [-0.39, 0.29) is 18.3 Å². The predicted molar refractivity (Wildman–Crippen MR) is 81.1 cm³/mol. The highest BCUT2D eigenvalue weighted by Gasteiger charge is 2.03. The highest BCUT2D eigenvalue weighted by molar-refractivity contribution is 7.99. The van der Waals surface area contributed by atoms with Gasteiger partial charge >= 0.3 is 0 Å². The van der Waals surface area contributed by atoms with Crippen LogP contribution < -0.4 is 5.32 Å². The van der Waals surface area contributed by atoms with Crippen molar-refractivity contribution >= 4 is 17.7 Å². The standard InChI is InChI=1S/C15H22FNO2S/c1-12(9-18)3-2-8-17-15(19)11-20-10-13-4-6-14(16)7-5-13/h4-7,12,18H,2-3,8-11H2,1H3,(H,17,19). The molecule has 0 saturated heterocycles. The Kier molecular flexibility index (Phi) is 8.30. The SMILES string of the molecule is CC(CO)CCCNC(=O)CSCc1ccc(F)cc1. The second-order valence-corrected chi connectivity index (χ2v) is 5.88. The van der Waals surface area contributed by atoms with Crippen molar-refractivity contribution in [2.24, 2.45) is 5.92 Å². The molecule has 2 N–H and O–H groups in total. The first kappa shape index (κ1) is 17.0. The fourth-order valence-corrected chi connectivity index (χ4v) is 2.48. The maximum absolute atomic E-state index is 12.7. The highest BCUT2D eigenvalue weighted by atomic mass is 32.2. The lowest BCUT2D eigenvalue weighted by atomic mass is 10.1. The van der Waals surface area contributed by atoms with Gasteiger partial charge in [-0.2, -0.15) is 0 Å². The molecule has 1 unspecified atom stereocenters. The lowest BCUT2D eigenvalue weighted by Gasteiger charge is -2.08. The number of hydrogen-bond acceptors (Lipinski definition) is 3. The highest BCUT2D eigenvalue weighted by Crippen LogP contribution is 2.12. The number of amides is 1. The topological polar surface area (TPSA) is 49.3 Å². The van der Waals surface area contributed by atoms with Crippen molar-refractivity contribution in [3.63, 3.8) is 0 Å². The quantitative estimate of drug-likeness (QED) is 0.689. The summed E-state index contributed by atoms with van der Waals surface area (Å²) in [4.78, 5) is 11.6. The van der Waals surface area contributed by atoms with Gasteiger partial charge in [0, 0.05) is 18.9 Å². The Bertz CT molecular complexity index is 397. The molecule has 0 fully saturated rings. The number of carbonyl (C=O) groups excluding carboxylic acids is 1. The van der Waals surface area contributed by atoms with E-state index in [0.29, 0.717) is 24.0 Å². The number of thioether (sulfide) groups is 1. The maximum atomic E-state index is 12.7. The normalized spacial score (nSPS) is 12.2. The minimum Gasteiger partial charge on any atom is -0.396 e. The summed E-state index contributed by atoms with van der Waals surface area (Å²) in [6.07, 6.45) is 1.80. The first-order chi connectivity index (χ1) is 9.61. The molecule has 0 aliphatic heterocycles. The van der Waals surface area contributed by atoms with Crippen molar-refractivity contribution in [2.75, 3.05) is 18.9 Å². The van der Waals surface area contributed by atoms with E-state index in [2.05, 4.69) is 5.32 Å². The number of aliphatic hydroxyl groups excluding tert-OH is 1. The third-order valence-corrected chi connectivity index (χ3v) is 3.93. The van der Waals surface area contributed by atoms with Gasteiger partial charge in [0.05, 0.1) is 5.75 Å². The molecule has 0 heterocycles. The number of nitrogens with one attached hydrogen (secondary N) is 1. The molecule has 0 radical (unpaired) electrons. The van der Waals surface area contributed by atoms with E-state index in [0.717, 1.165) is 18.4 Å². The van der Waals surface area contributed by atoms with E-state index in [1.54, 1.807) is 12.1 Å². The minimum absolute atomic E-state index is 0.0220. The number of rotatable bonds is 9. The largest absolute Gasteiger partial charge is 0.396 e. The van der Waals surface area contributed by atoms with E-state index in [9.17, 15) is 9.18 Å². The lowest BCUT2D eigenvalue weighted by molar-refractivity contribution is -0.118. The van der Waals surface area contributed by atoms with Crippen LogP contribution >= 0.6 is 11.8 Å². The molecule has 1 amide bonds. The van der Waals surface area contributed by atoms with Crippen LogP contribution in [-0.2, 0) is 10.5 Å². The van der Waals surface area contributed by atoms with Gasteiger partial charge in [-0.05, 0) is 36.5 Å². The molecule has 0 aliphatic rings. The van der Waals surface area contributed by atoms with Crippen LogP contribution in [0.15, 0.2) is 24.3 Å². The van der Waals surface area contributed by atoms with Crippen LogP contribution in [0.2, 0.25) is 0 Å². The van der Waals surface area contributed by atoms with E-state index in [1.807, 2.05) is 6.92 Å². The van der Waals surface area contributed by atoms with Crippen molar-refractivity contribution in [1.29, 1.82) is 0 Å². The smallest absolute Gasteiger partial charge is 0.230 e. The van der Waals surface area contributed by atoms with Crippen molar-refractivity contribution in [1.82, 2.24) is 5.32 Å². The zero-order valence-electron chi connectivity index (χ0n) is 11.8. The van der Waals surface area contributed by atoms with Gasteiger partial charge in [-0.15, -0.1) is 11.8 Å². The van der Waals surface area contributed by atoms with Gasteiger partial charge in [-0.3, -0.25) is 4.79 Å². The summed E-state index contributed by atoms with van der Waals surface area (Å²) in [6, 6.07) is 6.32. The first-order valence-corrected chi connectivity index (χ1v) is 7.97. The van der Waals surface area contributed by atoms with Gasteiger partial charge in [0.25, 0.3) is 0 Å². The average molecular weight is 299 g/mol. The molecule has 1 atom stereocenters. The van der Waals surface area contributed by atoms with Crippen LogP contribution in [0.25, 0.3) is 0 Å². The zero-order chi connectivity index (χ0) is 14.8. The predicted octanol–water partition coefficient (Wildman–Crippen LogP) is 2.58. The number of carbonyl (C=O) groups is 1. The summed E-state index contributed by atoms with van der Waals surface area (Å²) in [5.74, 6) is 1.18. The van der Waals surface area contributed by atoms with Crippen LogP contribution in [0.5, 0.6) is 0 Å². The molecular formula is C15H22FNO2S. The van der Waals surface area contributed by atoms with Gasteiger partial charge in [0.2, 0.25) is 5.91 Å². The summed E-state index contributed by atoms with van der Waals surface area (Å²) in [6.45, 7) is 2.84. The van der Waals surface area contributed by atoms with Crippen LogP contribution in [0, 0.1) is 11.7 Å². The molecule has 0 spiro atoms. The molecule has 0 aliphatic carbocycles.